The predicted octanol–water partition coefficient (Wildman–Crippen LogP) is 4.75. The lowest BCUT2D eigenvalue weighted by Crippen LogP contribution is -2.03. The summed E-state index contributed by atoms with van der Waals surface area (Å²) in [6.07, 6.45) is 0.0654. The number of nitro groups is 1. The van der Waals surface area contributed by atoms with Gasteiger partial charge in [0.05, 0.1) is 4.92 Å². The van der Waals surface area contributed by atoms with Crippen LogP contribution in [0.5, 0.6) is 0 Å². The Morgan fingerprint density at radius 2 is 1.95 bits per heavy atom. The van der Waals surface area contributed by atoms with E-state index in [9.17, 15) is 14.5 Å². The first kappa shape index (κ1) is 14.8. The van der Waals surface area contributed by atoms with Gasteiger partial charge in [-0.1, -0.05) is 35.9 Å². The van der Waals surface area contributed by atoms with Crippen LogP contribution >= 0.6 is 23.2 Å². The summed E-state index contributed by atoms with van der Waals surface area (Å²) in [6.45, 7) is 0. The highest BCUT2D eigenvalue weighted by Crippen LogP contribution is 2.31. The Morgan fingerprint density at radius 1 is 1.25 bits per heavy atom. The van der Waals surface area contributed by atoms with Crippen LogP contribution in [0.25, 0.3) is 0 Å². The molecule has 0 spiro atoms. The van der Waals surface area contributed by atoms with Crippen molar-refractivity contribution in [3.63, 3.8) is 0 Å². The molecule has 0 aliphatic heterocycles. The summed E-state index contributed by atoms with van der Waals surface area (Å²) in [5.74, 6) is -0.464. The fraction of sp³-hybridized carbons (Fsp3) is 0.0714. The molecule has 103 valence electrons. The lowest BCUT2D eigenvalue weighted by molar-refractivity contribution is -0.385. The van der Waals surface area contributed by atoms with Crippen molar-refractivity contribution < 1.29 is 9.31 Å². The second-order valence-corrected chi connectivity index (χ2v) is 4.98. The maximum atomic E-state index is 13.6. The van der Waals surface area contributed by atoms with Gasteiger partial charge in [-0.05, 0) is 12.1 Å². The van der Waals surface area contributed by atoms with Crippen LogP contribution in [0.3, 0.4) is 0 Å². The zero-order valence-corrected chi connectivity index (χ0v) is 11.7. The van der Waals surface area contributed by atoms with Gasteiger partial charge < -0.3 is 0 Å². The molecule has 0 N–H and O–H groups in total. The fourth-order valence-electron chi connectivity index (χ4n) is 1.80. The summed E-state index contributed by atoms with van der Waals surface area (Å²) in [6, 6.07) is 10.3. The molecule has 0 aliphatic carbocycles. The topological polar surface area (TPSA) is 43.1 Å². The highest BCUT2D eigenvalue weighted by atomic mass is 35.5. The molecule has 0 bridgehead atoms. The lowest BCUT2D eigenvalue weighted by atomic mass is 10.0. The van der Waals surface area contributed by atoms with Crippen molar-refractivity contribution in [3.05, 3.63) is 79.9 Å². The molecule has 3 nitrogen and oxygen atoms in total. The SMILES string of the molecule is O=[N+]([O-])c1cc(Cl)ccc1C[C](Cl)c1ccccc1F. The molecule has 0 saturated carbocycles. The first-order chi connectivity index (χ1) is 9.49. The van der Waals surface area contributed by atoms with Gasteiger partial charge in [-0.25, -0.2) is 4.39 Å². The molecule has 0 aromatic heterocycles. The normalized spacial score (nSPS) is 10.8. The number of rotatable bonds is 4. The van der Waals surface area contributed by atoms with Crippen LogP contribution in [-0.4, -0.2) is 4.92 Å². The maximum absolute atomic E-state index is 13.6. The monoisotopic (exact) mass is 312 g/mol. The molecule has 0 unspecified atom stereocenters. The molecule has 0 fully saturated rings. The number of benzene rings is 2. The van der Waals surface area contributed by atoms with Gasteiger partial charge in [0.15, 0.2) is 0 Å². The third-order valence-electron chi connectivity index (χ3n) is 2.76. The van der Waals surface area contributed by atoms with E-state index in [1.165, 1.54) is 30.3 Å². The highest BCUT2D eigenvalue weighted by molar-refractivity contribution is 6.31. The van der Waals surface area contributed by atoms with Crippen molar-refractivity contribution >= 4 is 28.9 Å². The van der Waals surface area contributed by atoms with Gasteiger partial charge in [-0.2, -0.15) is 0 Å². The third kappa shape index (κ3) is 3.26. The molecule has 2 aromatic rings. The van der Waals surface area contributed by atoms with Crippen LogP contribution in [0.1, 0.15) is 11.1 Å². The van der Waals surface area contributed by atoms with Crippen LogP contribution in [-0.2, 0) is 6.42 Å². The Labute approximate surface area is 125 Å². The summed E-state index contributed by atoms with van der Waals surface area (Å²) in [5, 5.41) is 11.4. The van der Waals surface area contributed by atoms with Crippen LogP contribution in [0.15, 0.2) is 42.5 Å². The molecule has 0 aliphatic rings. The van der Waals surface area contributed by atoms with Crippen LogP contribution in [0, 0.1) is 21.3 Å². The molecule has 0 saturated heterocycles. The van der Waals surface area contributed by atoms with Crippen LogP contribution in [0.4, 0.5) is 10.1 Å². The van der Waals surface area contributed by atoms with Gasteiger partial charge >= 0.3 is 0 Å². The molecule has 0 heterocycles. The summed E-state index contributed by atoms with van der Waals surface area (Å²) >= 11 is 11.8. The molecule has 6 heteroatoms. The Morgan fingerprint density at radius 3 is 2.60 bits per heavy atom. The molecule has 2 rings (SSSR count). The van der Waals surface area contributed by atoms with Gasteiger partial charge in [0, 0.05) is 28.6 Å². The number of nitrogens with zero attached hydrogens (tertiary/aromatic N) is 1. The molecular weight excluding hydrogens is 304 g/mol. The average Bonchev–Trinajstić information content (AvgIpc) is 2.41. The third-order valence-corrected chi connectivity index (χ3v) is 3.33. The number of nitro benzene ring substituents is 1. The fourth-order valence-corrected chi connectivity index (χ4v) is 2.26. The van der Waals surface area contributed by atoms with Crippen molar-refractivity contribution in [2.45, 2.75) is 6.42 Å². The summed E-state index contributed by atoms with van der Waals surface area (Å²) in [7, 11) is 0. The van der Waals surface area contributed by atoms with Gasteiger partial charge in [-0.15, -0.1) is 11.6 Å². The Balaban J connectivity index is 2.31. The number of halogens is 3. The smallest absolute Gasteiger partial charge is 0.258 e. The van der Waals surface area contributed by atoms with Crippen molar-refractivity contribution in [3.8, 4) is 0 Å². The first-order valence-electron chi connectivity index (χ1n) is 5.68. The number of hydrogen-bond donors (Lipinski definition) is 0. The second kappa shape index (κ2) is 6.20. The van der Waals surface area contributed by atoms with E-state index in [-0.39, 0.29) is 28.1 Å². The van der Waals surface area contributed by atoms with E-state index in [1.54, 1.807) is 12.1 Å². The molecule has 0 atom stereocenters. The highest BCUT2D eigenvalue weighted by Gasteiger charge is 2.20. The average molecular weight is 313 g/mol. The van der Waals surface area contributed by atoms with Crippen molar-refractivity contribution in [2.24, 2.45) is 0 Å². The molecule has 2 aromatic carbocycles. The summed E-state index contributed by atoms with van der Waals surface area (Å²) in [4.78, 5) is 10.4. The minimum atomic E-state index is -0.535. The molecule has 0 amide bonds. The van der Waals surface area contributed by atoms with Crippen molar-refractivity contribution in [2.75, 3.05) is 0 Å². The Kier molecular flexibility index (Phi) is 4.57. The zero-order valence-electron chi connectivity index (χ0n) is 10.1. The maximum Gasteiger partial charge on any atom is 0.274 e. The zero-order chi connectivity index (χ0) is 14.7. The summed E-state index contributed by atoms with van der Waals surface area (Å²) in [5.41, 5.74) is 0.484. The van der Waals surface area contributed by atoms with Crippen LogP contribution in [0.2, 0.25) is 5.02 Å². The van der Waals surface area contributed by atoms with E-state index < -0.39 is 10.7 Å². The van der Waals surface area contributed by atoms with Gasteiger partial charge in [0.25, 0.3) is 5.69 Å². The standard InChI is InChI=1S/C14H9Cl2FNO2/c15-10-6-5-9(14(8-10)18(19)20)7-12(16)11-3-1-2-4-13(11)17/h1-6,8H,7H2. The van der Waals surface area contributed by atoms with Gasteiger partial charge in [0.2, 0.25) is 0 Å². The summed E-state index contributed by atoms with van der Waals surface area (Å²) < 4.78 is 13.6. The molecular formula is C14H9Cl2FNO2. The largest absolute Gasteiger partial charge is 0.274 e. The lowest BCUT2D eigenvalue weighted by Gasteiger charge is -2.10. The van der Waals surface area contributed by atoms with E-state index in [0.717, 1.165) is 0 Å². The first-order valence-corrected chi connectivity index (χ1v) is 6.43. The van der Waals surface area contributed by atoms with Crippen molar-refractivity contribution in [1.82, 2.24) is 0 Å². The van der Waals surface area contributed by atoms with E-state index in [2.05, 4.69) is 0 Å². The Bertz CT molecular complexity index is 649. The van der Waals surface area contributed by atoms with Crippen LogP contribution < -0.4 is 0 Å². The van der Waals surface area contributed by atoms with Gasteiger partial charge in [-0.3, -0.25) is 10.1 Å². The minimum Gasteiger partial charge on any atom is -0.258 e. The molecule has 20 heavy (non-hydrogen) atoms. The van der Waals surface area contributed by atoms with E-state index in [0.29, 0.717) is 5.56 Å². The second-order valence-electron chi connectivity index (χ2n) is 4.09. The van der Waals surface area contributed by atoms with Gasteiger partial charge in [0.1, 0.15) is 11.2 Å². The quantitative estimate of drug-likeness (QED) is 0.604. The van der Waals surface area contributed by atoms with E-state index >= 15 is 0 Å². The Hall–Kier alpha value is -1.65. The predicted molar refractivity (Wildman–Crippen MR) is 76.4 cm³/mol. The minimum absolute atomic E-state index is 0.0654. The van der Waals surface area contributed by atoms with Crippen molar-refractivity contribution in [1.29, 1.82) is 0 Å². The number of hydrogen-bond acceptors (Lipinski definition) is 2. The van der Waals surface area contributed by atoms with E-state index in [4.69, 9.17) is 23.2 Å². The molecule has 1 radical (unpaired) electrons. The van der Waals surface area contributed by atoms with E-state index in [1.807, 2.05) is 0 Å².